The van der Waals surface area contributed by atoms with Crippen molar-refractivity contribution in [3.05, 3.63) is 23.6 Å². The Labute approximate surface area is 63.7 Å². The molecule has 0 amide bonds. The summed E-state index contributed by atoms with van der Waals surface area (Å²) < 4.78 is 12.5. The number of aryl methyl sites for hydroxylation is 1. The Morgan fingerprint density at radius 2 is 2.09 bits per heavy atom. The van der Waals surface area contributed by atoms with Crippen LogP contribution in [0.3, 0.4) is 0 Å². The first-order valence-corrected chi connectivity index (χ1v) is 3.10. The molecule has 1 aromatic heterocycles. The Kier molecular flexibility index (Phi) is 2.21. The minimum Gasteiger partial charge on any atom is -0.422 e. The first kappa shape index (κ1) is 8.16. The van der Waals surface area contributed by atoms with Crippen molar-refractivity contribution in [2.75, 3.05) is 0 Å². The number of hydrogen-bond acceptors (Lipinski definition) is 3. The van der Waals surface area contributed by atoms with E-state index in [1.54, 1.807) is 6.92 Å². The summed E-state index contributed by atoms with van der Waals surface area (Å²) in [5.74, 6) is -0.701. The Morgan fingerprint density at radius 1 is 1.45 bits per heavy atom. The van der Waals surface area contributed by atoms with Crippen molar-refractivity contribution < 1.29 is 14.4 Å². The maximum absolute atomic E-state index is 12.5. The summed E-state index contributed by atoms with van der Waals surface area (Å²) in [7, 11) is -1.70. The maximum Gasteiger partial charge on any atom is 0.508 e. The third-order valence-corrected chi connectivity index (χ3v) is 1.22. The van der Waals surface area contributed by atoms with E-state index in [0.29, 0.717) is 5.56 Å². The lowest BCUT2D eigenvalue weighted by Gasteiger charge is -1.99. The smallest absolute Gasteiger partial charge is 0.422 e. The predicted octanol–water partition coefficient (Wildman–Crippen LogP) is -0.791. The quantitative estimate of drug-likeness (QED) is 0.412. The molecule has 0 saturated carbocycles. The number of pyridine rings is 1. The predicted molar refractivity (Wildman–Crippen MR) is 38.8 cm³/mol. The molecule has 0 aliphatic heterocycles. The molecule has 0 aliphatic carbocycles. The van der Waals surface area contributed by atoms with Gasteiger partial charge >= 0.3 is 7.12 Å². The highest BCUT2D eigenvalue weighted by Gasteiger charge is 2.13. The van der Waals surface area contributed by atoms with Crippen LogP contribution in [0, 0.1) is 12.9 Å². The van der Waals surface area contributed by atoms with Crippen molar-refractivity contribution in [3.8, 4) is 0 Å². The van der Waals surface area contributed by atoms with E-state index in [1.807, 2.05) is 0 Å². The topological polar surface area (TPSA) is 53.4 Å². The third-order valence-electron chi connectivity index (χ3n) is 1.22. The Balaban J connectivity index is 3.08. The summed E-state index contributed by atoms with van der Waals surface area (Å²) in [6.07, 6.45) is 0. The zero-order valence-electron chi connectivity index (χ0n) is 5.95. The van der Waals surface area contributed by atoms with Crippen LogP contribution in [0.5, 0.6) is 0 Å². The highest BCUT2D eigenvalue weighted by molar-refractivity contribution is 6.57. The van der Waals surface area contributed by atoms with Crippen molar-refractivity contribution >= 4 is 12.7 Å². The van der Waals surface area contributed by atoms with Crippen LogP contribution in [0.1, 0.15) is 5.56 Å². The lowest BCUT2D eigenvalue weighted by atomic mass is 9.85. The second-order valence-corrected chi connectivity index (χ2v) is 2.27. The first-order valence-electron chi connectivity index (χ1n) is 3.10. The molecule has 0 radical (unpaired) electrons. The van der Waals surface area contributed by atoms with Gasteiger partial charge in [-0.15, -0.1) is 0 Å². The molecule has 3 nitrogen and oxygen atoms in total. The average molecular weight is 155 g/mol. The zero-order chi connectivity index (χ0) is 8.43. The molecule has 2 N–H and O–H groups in total. The van der Waals surface area contributed by atoms with Crippen LogP contribution in [-0.2, 0) is 0 Å². The number of aromatic nitrogens is 1. The van der Waals surface area contributed by atoms with Crippen LogP contribution < -0.4 is 5.59 Å². The van der Waals surface area contributed by atoms with Crippen LogP contribution in [-0.4, -0.2) is 22.2 Å². The second-order valence-electron chi connectivity index (χ2n) is 2.27. The standard InChI is InChI=1S/C6H7BFNO2/c1-4-2-5(7(10)11)9-6(8)3-4/h2-3,10-11H,1H3. The number of rotatable bonds is 1. The van der Waals surface area contributed by atoms with E-state index in [1.165, 1.54) is 12.1 Å². The fraction of sp³-hybridized carbons (Fsp3) is 0.167. The van der Waals surface area contributed by atoms with Gasteiger partial charge in [-0.05, 0) is 24.6 Å². The SMILES string of the molecule is Cc1cc(F)nc(B(O)O)c1. The summed E-state index contributed by atoms with van der Waals surface area (Å²) in [4.78, 5) is 3.27. The maximum atomic E-state index is 12.5. The van der Waals surface area contributed by atoms with E-state index < -0.39 is 13.1 Å². The van der Waals surface area contributed by atoms with E-state index in [9.17, 15) is 4.39 Å². The molecule has 1 heterocycles. The zero-order valence-corrected chi connectivity index (χ0v) is 5.95. The fourth-order valence-corrected chi connectivity index (χ4v) is 0.783. The Bertz CT molecular complexity index is 247. The molecule has 0 saturated heterocycles. The summed E-state index contributed by atoms with van der Waals surface area (Å²) in [5.41, 5.74) is 0.545. The number of nitrogens with zero attached hydrogens (tertiary/aromatic N) is 1. The average Bonchev–Trinajstić information content (AvgIpc) is 1.85. The summed E-state index contributed by atoms with van der Waals surface area (Å²) in [6, 6.07) is 2.62. The molecule has 0 unspecified atom stereocenters. The van der Waals surface area contributed by atoms with E-state index >= 15 is 0 Å². The van der Waals surface area contributed by atoms with E-state index in [0.717, 1.165) is 0 Å². The molecule has 0 bridgehead atoms. The minimum absolute atomic E-state index is 0.0671. The van der Waals surface area contributed by atoms with Crippen LogP contribution in [0.15, 0.2) is 12.1 Å². The minimum atomic E-state index is -1.70. The Hall–Kier alpha value is -0.935. The van der Waals surface area contributed by atoms with Crippen molar-refractivity contribution in [1.82, 2.24) is 4.98 Å². The highest BCUT2D eigenvalue weighted by atomic mass is 19.1. The van der Waals surface area contributed by atoms with Crippen LogP contribution >= 0.6 is 0 Å². The normalized spacial score (nSPS) is 9.82. The summed E-state index contributed by atoms with van der Waals surface area (Å²) in [6.45, 7) is 1.65. The molecule has 0 fully saturated rings. The largest absolute Gasteiger partial charge is 0.508 e. The van der Waals surface area contributed by atoms with Gasteiger partial charge in [0.05, 0.1) is 5.59 Å². The molecule has 1 rings (SSSR count). The van der Waals surface area contributed by atoms with Gasteiger partial charge in [0.1, 0.15) is 0 Å². The summed E-state index contributed by atoms with van der Waals surface area (Å²) >= 11 is 0. The lowest BCUT2D eigenvalue weighted by molar-refractivity contribution is 0.423. The van der Waals surface area contributed by atoms with Gasteiger partial charge < -0.3 is 10.0 Å². The van der Waals surface area contributed by atoms with Crippen molar-refractivity contribution in [2.45, 2.75) is 6.92 Å². The van der Waals surface area contributed by atoms with Crippen LogP contribution in [0.25, 0.3) is 0 Å². The van der Waals surface area contributed by atoms with Gasteiger partial charge in [0.25, 0.3) is 0 Å². The molecule has 58 valence electrons. The van der Waals surface area contributed by atoms with Gasteiger partial charge in [0.2, 0.25) is 5.95 Å². The van der Waals surface area contributed by atoms with Gasteiger partial charge in [-0.3, -0.25) is 0 Å². The lowest BCUT2D eigenvalue weighted by Crippen LogP contribution is -2.33. The van der Waals surface area contributed by atoms with E-state index in [-0.39, 0.29) is 5.59 Å². The molecule has 1 aromatic rings. The number of halogens is 1. The molecule has 11 heavy (non-hydrogen) atoms. The molecular weight excluding hydrogens is 148 g/mol. The Morgan fingerprint density at radius 3 is 2.55 bits per heavy atom. The molecule has 0 aromatic carbocycles. The van der Waals surface area contributed by atoms with Crippen molar-refractivity contribution in [1.29, 1.82) is 0 Å². The van der Waals surface area contributed by atoms with Gasteiger partial charge in [0, 0.05) is 0 Å². The molecule has 0 spiro atoms. The van der Waals surface area contributed by atoms with Gasteiger partial charge in [0.15, 0.2) is 0 Å². The number of hydrogen-bond donors (Lipinski definition) is 2. The molecule has 0 aliphatic rings. The molecule has 5 heteroatoms. The van der Waals surface area contributed by atoms with Crippen molar-refractivity contribution in [2.24, 2.45) is 0 Å². The monoisotopic (exact) mass is 155 g/mol. The summed E-state index contributed by atoms with van der Waals surface area (Å²) in [5, 5.41) is 17.2. The molecule has 0 atom stereocenters. The van der Waals surface area contributed by atoms with E-state index in [4.69, 9.17) is 10.0 Å². The van der Waals surface area contributed by atoms with Gasteiger partial charge in [-0.1, -0.05) is 0 Å². The fourth-order valence-electron chi connectivity index (χ4n) is 0.783. The van der Waals surface area contributed by atoms with Crippen LogP contribution in [0.2, 0.25) is 0 Å². The van der Waals surface area contributed by atoms with Crippen LogP contribution in [0.4, 0.5) is 4.39 Å². The second kappa shape index (κ2) is 2.98. The van der Waals surface area contributed by atoms with Crippen molar-refractivity contribution in [3.63, 3.8) is 0 Å². The van der Waals surface area contributed by atoms with Gasteiger partial charge in [-0.25, -0.2) is 4.98 Å². The third kappa shape index (κ3) is 1.99. The van der Waals surface area contributed by atoms with Gasteiger partial charge in [-0.2, -0.15) is 4.39 Å². The first-order chi connectivity index (χ1) is 5.09. The molecular formula is C6H7BFNO2. The van der Waals surface area contributed by atoms with E-state index in [2.05, 4.69) is 4.98 Å². The highest BCUT2D eigenvalue weighted by Crippen LogP contribution is 1.95.